The quantitative estimate of drug-likeness (QED) is 0.837. The average molecular weight is 337 g/mol. The fraction of sp³-hybridized carbons (Fsp3) is 0.529. The fourth-order valence-corrected chi connectivity index (χ4v) is 3.28. The summed E-state index contributed by atoms with van der Waals surface area (Å²) in [6, 6.07) is 7.57. The number of rotatable bonds is 5. The molecular weight excluding hydrogens is 314 g/mol. The lowest BCUT2D eigenvalue weighted by molar-refractivity contribution is -0.149. The van der Waals surface area contributed by atoms with E-state index in [2.05, 4.69) is 0 Å². The van der Waals surface area contributed by atoms with Crippen molar-refractivity contribution in [2.45, 2.75) is 31.3 Å². The van der Waals surface area contributed by atoms with Crippen LogP contribution in [-0.4, -0.2) is 47.3 Å². The summed E-state index contributed by atoms with van der Waals surface area (Å²) < 4.78 is 5.71. The number of nitrogens with zero attached hydrogens (tertiary/aromatic N) is 1. The van der Waals surface area contributed by atoms with Crippen LogP contribution in [0.3, 0.4) is 0 Å². The van der Waals surface area contributed by atoms with Crippen molar-refractivity contribution in [1.82, 2.24) is 4.90 Å². The molecule has 0 bridgehead atoms. The number of hydrogen-bond acceptors (Lipinski definition) is 4. The minimum absolute atomic E-state index is 0.156. The Kier molecular flexibility index (Phi) is 5.93. The third-order valence-corrected chi connectivity index (χ3v) is 4.78. The van der Waals surface area contributed by atoms with Crippen molar-refractivity contribution in [3.05, 3.63) is 24.3 Å². The summed E-state index contributed by atoms with van der Waals surface area (Å²) in [7, 11) is 0. The maximum atomic E-state index is 12.5. The van der Waals surface area contributed by atoms with E-state index in [0.29, 0.717) is 18.7 Å². The number of likely N-dealkylation sites (tertiary alicyclic amines) is 1. The zero-order chi connectivity index (χ0) is 17.0. The monoisotopic (exact) mass is 337 g/mol. The topological polar surface area (TPSA) is 66.8 Å². The normalized spacial score (nSPS) is 22.5. The first kappa shape index (κ1) is 17.7. The van der Waals surface area contributed by atoms with Gasteiger partial charge >= 0.3 is 5.97 Å². The Morgan fingerprint density at radius 1 is 1.30 bits per heavy atom. The number of hydrogen-bond donors (Lipinski definition) is 1. The first-order valence-electron chi connectivity index (χ1n) is 7.73. The van der Waals surface area contributed by atoms with Crippen molar-refractivity contribution in [2.75, 3.05) is 19.3 Å². The number of piperidine rings is 1. The summed E-state index contributed by atoms with van der Waals surface area (Å²) in [5, 5.41) is 9.21. The van der Waals surface area contributed by atoms with Crippen molar-refractivity contribution in [3.8, 4) is 5.75 Å². The number of ether oxygens (including phenoxy) is 1. The second-order valence-corrected chi connectivity index (χ2v) is 6.93. The largest absolute Gasteiger partial charge is 0.481 e. The third kappa shape index (κ3) is 4.64. The van der Waals surface area contributed by atoms with Gasteiger partial charge in [-0.05, 0) is 49.8 Å². The number of aliphatic carboxylic acids is 1. The van der Waals surface area contributed by atoms with Gasteiger partial charge in [0.05, 0.1) is 5.92 Å². The Hall–Kier alpha value is -1.69. The van der Waals surface area contributed by atoms with Crippen molar-refractivity contribution in [3.63, 3.8) is 0 Å². The summed E-state index contributed by atoms with van der Waals surface area (Å²) in [5.41, 5.74) is 0. The van der Waals surface area contributed by atoms with E-state index in [9.17, 15) is 14.7 Å². The lowest BCUT2D eigenvalue weighted by Gasteiger charge is -2.36. The molecule has 126 valence electrons. The first-order valence-corrected chi connectivity index (χ1v) is 8.95. The predicted molar refractivity (Wildman–Crippen MR) is 89.8 cm³/mol. The molecule has 0 aliphatic carbocycles. The van der Waals surface area contributed by atoms with Crippen molar-refractivity contribution in [1.29, 1.82) is 0 Å². The number of carboxylic acid groups (broad SMARTS) is 1. The number of carboxylic acids is 1. The Bertz CT molecular complexity index is 560. The van der Waals surface area contributed by atoms with Gasteiger partial charge in [-0.3, -0.25) is 9.59 Å². The van der Waals surface area contributed by atoms with Crippen LogP contribution in [0.2, 0.25) is 0 Å². The van der Waals surface area contributed by atoms with Gasteiger partial charge in [0.2, 0.25) is 0 Å². The van der Waals surface area contributed by atoms with E-state index in [1.54, 1.807) is 23.6 Å². The lowest BCUT2D eigenvalue weighted by atomic mass is 9.90. The molecule has 5 nitrogen and oxygen atoms in total. The van der Waals surface area contributed by atoms with Crippen LogP contribution in [0.25, 0.3) is 0 Å². The van der Waals surface area contributed by atoms with E-state index < -0.39 is 18.0 Å². The first-order chi connectivity index (χ1) is 10.9. The Labute approximate surface area is 141 Å². The SMILES string of the molecule is CSc1ccc(OC(C)C(=O)N2CC(C)CC(C(=O)O)C2)cc1. The summed E-state index contributed by atoms with van der Waals surface area (Å²) in [6.45, 7) is 4.53. The molecule has 1 aromatic carbocycles. The van der Waals surface area contributed by atoms with Crippen LogP contribution in [0.15, 0.2) is 29.2 Å². The Morgan fingerprint density at radius 3 is 2.52 bits per heavy atom. The van der Waals surface area contributed by atoms with Crippen LogP contribution in [-0.2, 0) is 9.59 Å². The highest BCUT2D eigenvalue weighted by Gasteiger charge is 2.34. The molecule has 1 N–H and O–H groups in total. The van der Waals surface area contributed by atoms with Crippen LogP contribution in [0, 0.1) is 11.8 Å². The highest BCUT2D eigenvalue weighted by Crippen LogP contribution is 2.24. The van der Waals surface area contributed by atoms with E-state index in [0.717, 1.165) is 4.90 Å². The molecule has 0 spiro atoms. The highest BCUT2D eigenvalue weighted by atomic mass is 32.2. The van der Waals surface area contributed by atoms with E-state index in [4.69, 9.17) is 4.74 Å². The molecule has 2 rings (SSSR count). The minimum atomic E-state index is -0.837. The Balaban J connectivity index is 1.98. The zero-order valence-electron chi connectivity index (χ0n) is 13.7. The summed E-state index contributed by atoms with van der Waals surface area (Å²) >= 11 is 1.64. The molecular formula is C17H23NO4S. The van der Waals surface area contributed by atoms with Gasteiger partial charge < -0.3 is 14.7 Å². The zero-order valence-corrected chi connectivity index (χ0v) is 14.5. The van der Waals surface area contributed by atoms with E-state index in [-0.39, 0.29) is 18.4 Å². The molecule has 1 fully saturated rings. The van der Waals surface area contributed by atoms with Crippen molar-refractivity contribution in [2.24, 2.45) is 11.8 Å². The second kappa shape index (κ2) is 7.73. The van der Waals surface area contributed by atoms with Gasteiger partial charge in [0.1, 0.15) is 5.75 Å². The number of amides is 1. The summed E-state index contributed by atoms with van der Waals surface area (Å²) in [6.07, 6.45) is 1.98. The van der Waals surface area contributed by atoms with Crippen LogP contribution >= 0.6 is 11.8 Å². The summed E-state index contributed by atoms with van der Waals surface area (Å²) in [5.74, 6) is -0.659. The minimum Gasteiger partial charge on any atom is -0.481 e. The van der Waals surface area contributed by atoms with Gasteiger partial charge in [-0.2, -0.15) is 0 Å². The maximum absolute atomic E-state index is 12.5. The molecule has 0 aromatic heterocycles. The van der Waals surface area contributed by atoms with Crippen LogP contribution in [0.5, 0.6) is 5.75 Å². The van der Waals surface area contributed by atoms with E-state index in [1.807, 2.05) is 37.4 Å². The molecule has 0 radical (unpaired) electrons. The standard InChI is InChI=1S/C17H23NO4S/c1-11-8-13(17(20)21)10-18(9-11)16(19)12(2)22-14-4-6-15(23-3)7-5-14/h4-7,11-13H,8-10H2,1-3H3,(H,20,21). The smallest absolute Gasteiger partial charge is 0.308 e. The second-order valence-electron chi connectivity index (χ2n) is 6.05. The fourth-order valence-electron chi connectivity index (χ4n) is 2.88. The third-order valence-electron chi connectivity index (χ3n) is 4.04. The molecule has 3 atom stereocenters. The van der Waals surface area contributed by atoms with Gasteiger partial charge in [0.25, 0.3) is 5.91 Å². The van der Waals surface area contributed by atoms with Crippen molar-refractivity contribution < 1.29 is 19.4 Å². The molecule has 1 aliphatic rings. The molecule has 1 heterocycles. The van der Waals surface area contributed by atoms with E-state index >= 15 is 0 Å². The number of carbonyl (C=O) groups excluding carboxylic acids is 1. The van der Waals surface area contributed by atoms with Gasteiger partial charge in [0, 0.05) is 18.0 Å². The van der Waals surface area contributed by atoms with Crippen LogP contribution in [0.4, 0.5) is 0 Å². The van der Waals surface area contributed by atoms with Gasteiger partial charge in [-0.1, -0.05) is 6.92 Å². The molecule has 1 aliphatic heterocycles. The van der Waals surface area contributed by atoms with E-state index in [1.165, 1.54) is 0 Å². The number of carbonyl (C=O) groups is 2. The maximum Gasteiger partial charge on any atom is 0.308 e. The molecule has 6 heteroatoms. The molecule has 1 amide bonds. The van der Waals surface area contributed by atoms with Crippen LogP contribution in [0.1, 0.15) is 20.3 Å². The number of thioether (sulfide) groups is 1. The van der Waals surface area contributed by atoms with Gasteiger partial charge in [-0.25, -0.2) is 0 Å². The molecule has 23 heavy (non-hydrogen) atoms. The van der Waals surface area contributed by atoms with Gasteiger partial charge in [-0.15, -0.1) is 11.8 Å². The lowest BCUT2D eigenvalue weighted by Crippen LogP contribution is -2.49. The molecule has 1 saturated heterocycles. The number of benzene rings is 1. The van der Waals surface area contributed by atoms with Crippen LogP contribution < -0.4 is 4.74 Å². The summed E-state index contributed by atoms with van der Waals surface area (Å²) in [4.78, 5) is 26.5. The molecule has 0 saturated carbocycles. The van der Waals surface area contributed by atoms with Crippen molar-refractivity contribution >= 4 is 23.6 Å². The van der Waals surface area contributed by atoms with Gasteiger partial charge in [0.15, 0.2) is 6.10 Å². The average Bonchev–Trinajstić information content (AvgIpc) is 2.54. The predicted octanol–water partition coefficient (Wildman–Crippen LogP) is 2.75. The molecule has 3 unspecified atom stereocenters. The molecule has 1 aromatic rings. The highest BCUT2D eigenvalue weighted by molar-refractivity contribution is 7.98. The Morgan fingerprint density at radius 2 is 1.96 bits per heavy atom.